The minimum atomic E-state index is -0.180. The average molecular weight is 450 g/mol. The predicted molar refractivity (Wildman–Crippen MR) is 124 cm³/mol. The number of rotatable bonds is 5. The van der Waals surface area contributed by atoms with Gasteiger partial charge < -0.3 is 19.1 Å². The Labute approximate surface area is 190 Å². The summed E-state index contributed by atoms with van der Waals surface area (Å²) in [5.74, 6) is 2.39. The number of halogens is 1. The van der Waals surface area contributed by atoms with E-state index in [1.165, 1.54) is 0 Å². The van der Waals surface area contributed by atoms with Crippen LogP contribution < -0.4 is 5.32 Å². The summed E-state index contributed by atoms with van der Waals surface area (Å²) in [7, 11) is 0. The summed E-state index contributed by atoms with van der Waals surface area (Å²) in [6, 6.07) is 19.2. The number of hydrogen-bond acceptors (Lipinski definition) is 4. The number of nitrogens with one attached hydrogen (secondary N) is 1. The quantitative estimate of drug-likeness (QED) is 0.373. The summed E-state index contributed by atoms with van der Waals surface area (Å²) in [5.41, 5.74) is 2.85. The summed E-state index contributed by atoms with van der Waals surface area (Å²) in [4.78, 5) is 6.65. The summed E-state index contributed by atoms with van der Waals surface area (Å²) in [6.07, 6.45) is 3.45. The van der Waals surface area contributed by atoms with Crippen molar-refractivity contribution in [2.75, 3.05) is 0 Å². The van der Waals surface area contributed by atoms with Gasteiger partial charge in [-0.3, -0.25) is 4.98 Å². The smallest absolute Gasteiger partial charge is 0.170 e. The molecule has 0 saturated carbocycles. The van der Waals surface area contributed by atoms with Gasteiger partial charge in [0, 0.05) is 16.8 Å². The zero-order valence-corrected chi connectivity index (χ0v) is 18.4. The summed E-state index contributed by atoms with van der Waals surface area (Å²) in [6.45, 7) is 2.52. The van der Waals surface area contributed by atoms with Crippen LogP contribution in [0, 0.1) is 6.92 Å². The fraction of sp³-hybridized carbons (Fsp3) is 0.167. The van der Waals surface area contributed by atoms with Gasteiger partial charge in [-0.05, 0) is 67.2 Å². The second-order valence-corrected chi connectivity index (χ2v) is 8.24. The lowest BCUT2D eigenvalue weighted by molar-refractivity contribution is 0.253. The lowest BCUT2D eigenvalue weighted by Crippen LogP contribution is -2.28. The lowest BCUT2D eigenvalue weighted by Gasteiger charge is -2.25. The second-order valence-electron chi connectivity index (χ2n) is 7.45. The zero-order valence-electron chi connectivity index (χ0n) is 16.8. The van der Waals surface area contributed by atoms with Crippen LogP contribution in [0.15, 0.2) is 82.0 Å². The molecule has 156 valence electrons. The summed E-state index contributed by atoms with van der Waals surface area (Å²) < 4.78 is 12.0. The zero-order chi connectivity index (χ0) is 21.4. The molecule has 1 saturated heterocycles. The highest BCUT2D eigenvalue weighted by atomic mass is 35.5. The molecule has 31 heavy (non-hydrogen) atoms. The van der Waals surface area contributed by atoms with Crippen molar-refractivity contribution < 1.29 is 8.83 Å². The van der Waals surface area contributed by atoms with E-state index in [9.17, 15) is 0 Å². The number of aromatic nitrogens is 1. The molecule has 1 aromatic carbocycles. The van der Waals surface area contributed by atoms with Gasteiger partial charge in [-0.1, -0.05) is 29.8 Å². The number of hydrogen-bond donors (Lipinski definition) is 1. The van der Waals surface area contributed by atoms with Crippen LogP contribution in [0.3, 0.4) is 0 Å². The van der Waals surface area contributed by atoms with E-state index in [1.54, 1.807) is 12.5 Å². The van der Waals surface area contributed by atoms with Gasteiger partial charge in [0.2, 0.25) is 0 Å². The van der Waals surface area contributed by atoms with Crippen LogP contribution in [0.5, 0.6) is 0 Å². The highest BCUT2D eigenvalue weighted by Crippen LogP contribution is 2.41. The van der Waals surface area contributed by atoms with E-state index in [2.05, 4.69) is 15.2 Å². The third kappa shape index (κ3) is 3.73. The van der Waals surface area contributed by atoms with E-state index in [-0.39, 0.29) is 12.1 Å². The van der Waals surface area contributed by atoms with Crippen molar-refractivity contribution in [1.29, 1.82) is 0 Å². The normalized spacial score (nSPS) is 18.4. The van der Waals surface area contributed by atoms with Crippen molar-refractivity contribution >= 4 is 28.9 Å². The van der Waals surface area contributed by atoms with Crippen LogP contribution >= 0.6 is 23.8 Å². The van der Waals surface area contributed by atoms with Gasteiger partial charge in [0.05, 0.1) is 24.5 Å². The summed E-state index contributed by atoms with van der Waals surface area (Å²) >= 11 is 12.0. The Morgan fingerprint density at radius 3 is 2.77 bits per heavy atom. The van der Waals surface area contributed by atoms with Gasteiger partial charge in [0.1, 0.15) is 23.3 Å². The Morgan fingerprint density at radius 2 is 2.00 bits per heavy atom. The fourth-order valence-electron chi connectivity index (χ4n) is 3.99. The van der Waals surface area contributed by atoms with Crippen LogP contribution in [0.2, 0.25) is 5.02 Å². The van der Waals surface area contributed by atoms with Gasteiger partial charge in [0.15, 0.2) is 5.11 Å². The Bertz CT molecular complexity index is 1210. The first-order chi connectivity index (χ1) is 15.1. The maximum atomic E-state index is 6.38. The molecular formula is C24H20ClN3O2S. The van der Waals surface area contributed by atoms with Crippen LogP contribution in [0.1, 0.15) is 34.9 Å². The molecule has 0 amide bonds. The Hall–Kier alpha value is -3.09. The third-order valence-electron chi connectivity index (χ3n) is 5.56. The topological polar surface area (TPSA) is 54.4 Å². The molecule has 4 heterocycles. The van der Waals surface area contributed by atoms with Crippen LogP contribution in [-0.4, -0.2) is 15.0 Å². The van der Waals surface area contributed by atoms with E-state index in [4.69, 9.17) is 32.7 Å². The SMILES string of the molecule is Cc1c(Cl)cccc1-c1ccc([C@@H]2[C@H](c3ccccn3)NC(=S)N2Cc2ccco2)o1. The molecule has 2 atom stereocenters. The van der Waals surface area contributed by atoms with Crippen molar-refractivity contribution in [2.24, 2.45) is 0 Å². The molecule has 0 unspecified atom stereocenters. The first-order valence-electron chi connectivity index (χ1n) is 9.97. The largest absolute Gasteiger partial charge is 0.467 e. The molecular weight excluding hydrogens is 430 g/mol. The lowest BCUT2D eigenvalue weighted by atomic mass is 10.0. The van der Waals surface area contributed by atoms with Gasteiger partial charge >= 0.3 is 0 Å². The van der Waals surface area contributed by atoms with Crippen LogP contribution in [0.4, 0.5) is 0 Å². The molecule has 3 aromatic heterocycles. The molecule has 0 bridgehead atoms. The van der Waals surface area contributed by atoms with Crippen molar-refractivity contribution in [3.05, 3.63) is 101 Å². The molecule has 1 N–H and O–H groups in total. The van der Waals surface area contributed by atoms with E-state index < -0.39 is 0 Å². The van der Waals surface area contributed by atoms with E-state index >= 15 is 0 Å². The molecule has 5 nitrogen and oxygen atoms in total. The first-order valence-corrected chi connectivity index (χ1v) is 10.8. The Morgan fingerprint density at radius 1 is 1.10 bits per heavy atom. The number of furan rings is 2. The standard InChI is InChI=1S/C24H20ClN3O2S/c1-15-17(7-4-8-18(15)25)20-10-11-21(30-20)23-22(19-9-2-3-12-26-19)27-24(31)28(23)14-16-6-5-13-29-16/h2-13,22-23H,14H2,1H3,(H,27,31)/t22-,23+/m0/s1. The highest BCUT2D eigenvalue weighted by Gasteiger charge is 2.42. The molecule has 0 radical (unpaired) electrons. The molecule has 4 aromatic rings. The van der Waals surface area contributed by atoms with E-state index in [0.717, 1.165) is 34.1 Å². The first kappa shape index (κ1) is 19.8. The number of thiocarbonyl (C=S) groups is 1. The minimum Gasteiger partial charge on any atom is -0.467 e. The number of benzene rings is 1. The fourth-order valence-corrected chi connectivity index (χ4v) is 4.47. The Balaban J connectivity index is 1.56. The van der Waals surface area contributed by atoms with Crippen molar-refractivity contribution in [3.63, 3.8) is 0 Å². The van der Waals surface area contributed by atoms with Gasteiger partial charge in [-0.25, -0.2) is 0 Å². The van der Waals surface area contributed by atoms with E-state index in [0.29, 0.717) is 16.7 Å². The summed E-state index contributed by atoms with van der Waals surface area (Å²) in [5, 5.41) is 4.77. The molecule has 1 aliphatic rings. The number of nitrogens with zero attached hydrogens (tertiary/aromatic N) is 2. The van der Waals surface area contributed by atoms with Gasteiger partial charge in [-0.2, -0.15) is 0 Å². The number of pyridine rings is 1. The van der Waals surface area contributed by atoms with Crippen molar-refractivity contribution in [1.82, 2.24) is 15.2 Å². The van der Waals surface area contributed by atoms with Gasteiger partial charge in [-0.15, -0.1) is 0 Å². The van der Waals surface area contributed by atoms with Crippen LogP contribution in [0.25, 0.3) is 11.3 Å². The molecule has 1 fully saturated rings. The highest BCUT2D eigenvalue weighted by molar-refractivity contribution is 7.80. The molecule has 0 spiro atoms. The van der Waals surface area contributed by atoms with Crippen molar-refractivity contribution in [3.8, 4) is 11.3 Å². The molecule has 1 aliphatic heterocycles. The third-order valence-corrected chi connectivity index (χ3v) is 6.32. The monoisotopic (exact) mass is 449 g/mol. The average Bonchev–Trinajstić information content (AvgIpc) is 3.52. The molecule has 0 aliphatic carbocycles. The Kier molecular flexibility index (Phi) is 5.26. The maximum Gasteiger partial charge on any atom is 0.170 e. The second kappa shape index (κ2) is 8.21. The van der Waals surface area contributed by atoms with Gasteiger partial charge in [0.25, 0.3) is 0 Å². The molecule has 7 heteroatoms. The predicted octanol–water partition coefficient (Wildman–Crippen LogP) is 6.07. The maximum absolute atomic E-state index is 6.38. The van der Waals surface area contributed by atoms with E-state index in [1.807, 2.05) is 67.6 Å². The minimum absolute atomic E-state index is 0.150. The van der Waals surface area contributed by atoms with Crippen molar-refractivity contribution in [2.45, 2.75) is 25.6 Å². The molecule has 5 rings (SSSR count). The van der Waals surface area contributed by atoms with Crippen LogP contribution in [-0.2, 0) is 6.54 Å².